The summed E-state index contributed by atoms with van der Waals surface area (Å²) in [5.41, 5.74) is 0.810. The van der Waals surface area contributed by atoms with E-state index in [0.717, 1.165) is 22.6 Å². The van der Waals surface area contributed by atoms with Crippen molar-refractivity contribution in [3.63, 3.8) is 0 Å². The molecule has 27 heavy (non-hydrogen) atoms. The molecule has 1 aliphatic heterocycles. The summed E-state index contributed by atoms with van der Waals surface area (Å²) in [7, 11) is -2.23. The van der Waals surface area contributed by atoms with E-state index in [1.54, 1.807) is 7.05 Å². The molecule has 9 heteroatoms. The van der Waals surface area contributed by atoms with Crippen molar-refractivity contribution in [2.75, 3.05) is 33.4 Å². The molecule has 0 radical (unpaired) electrons. The summed E-state index contributed by atoms with van der Waals surface area (Å²) >= 11 is 1.52. The molecule has 2 heterocycles. The third-order valence-electron chi connectivity index (χ3n) is 4.47. The van der Waals surface area contributed by atoms with Gasteiger partial charge in [-0.3, -0.25) is 4.79 Å². The minimum Gasteiger partial charge on any atom is -0.379 e. The van der Waals surface area contributed by atoms with Gasteiger partial charge < -0.3 is 9.64 Å². The summed E-state index contributed by atoms with van der Waals surface area (Å²) < 4.78 is 46.3. The van der Waals surface area contributed by atoms with Crippen molar-refractivity contribution in [3.8, 4) is 0 Å². The van der Waals surface area contributed by atoms with E-state index in [0.29, 0.717) is 19.8 Å². The molecular formula is C18H21FN2O4S2. The van der Waals surface area contributed by atoms with E-state index in [1.165, 1.54) is 26.6 Å². The van der Waals surface area contributed by atoms with Crippen molar-refractivity contribution in [3.05, 3.63) is 51.5 Å². The van der Waals surface area contributed by atoms with Crippen molar-refractivity contribution >= 4 is 27.3 Å². The lowest BCUT2D eigenvalue weighted by atomic mass is 10.2. The Hall–Kier alpha value is -1.81. The zero-order valence-corrected chi connectivity index (χ0v) is 16.8. The van der Waals surface area contributed by atoms with Crippen molar-refractivity contribution < 1.29 is 22.3 Å². The van der Waals surface area contributed by atoms with Gasteiger partial charge in [0, 0.05) is 25.0 Å². The molecule has 1 fully saturated rings. The third kappa shape index (κ3) is 4.21. The zero-order chi connectivity index (χ0) is 19.6. The molecule has 6 nitrogen and oxygen atoms in total. The summed E-state index contributed by atoms with van der Waals surface area (Å²) in [4.78, 5) is 15.0. The number of benzene rings is 1. The number of ether oxygens (including phenoxy) is 1. The monoisotopic (exact) mass is 412 g/mol. The van der Waals surface area contributed by atoms with Gasteiger partial charge in [-0.05, 0) is 42.1 Å². The molecule has 146 valence electrons. The Kier molecular flexibility index (Phi) is 5.95. The Morgan fingerprint density at radius 2 is 2.00 bits per heavy atom. The highest BCUT2D eigenvalue weighted by Crippen LogP contribution is 2.23. The number of aryl methyl sites for hydroxylation is 1. The molecular weight excluding hydrogens is 391 g/mol. The Morgan fingerprint density at radius 3 is 2.63 bits per heavy atom. The standard InChI is InChI=1S/C18H21FN2O4S2/c1-13-5-10-26-17(13)12-20(2)18(22)15-11-14(3-4-16(15)19)27(23,24)21-6-8-25-9-7-21/h3-5,10-11H,6-9,12H2,1-2H3. The van der Waals surface area contributed by atoms with E-state index in [1.807, 2.05) is 18.4 Å². The maximum Gasteiger partial charge on any atom is 0.256 e. The Labute approximate surface area is 162 Å². The van der Waals surface area contributed by atoms with Gasteiger partial charge in [0.2, 0.25) is 10.0 Å². The molecule has 1 aliphatic rings. The quantitative estimate of drug-likeness (QED) is 0.757. The van der Waals surface area contributed by atoms with E-state index in [-0.39, 0.29) is 23.5 Å². The molecule has 1 saturated heterocycles. The van der Waals surface area contributed by atoms with Gasteiger partial charge in [0.05, 0.1) is 30.2 Å². The van der Waals surface area contributed by atoms with Gasteiger partial charge in [0.25, 0.3) is 5.91 Å². The predicted molar refractivity (Wildman–Crippen MR) is 101 cm³/mol. The van der Waals surface area contributed by atoms with Crippen molar-refractivity contribution in [2.45, 2.75) is 18.4 Å². The fourth-order valence-electron chi connectivity index (χ4n) is 2.82. The van der Waals surface area contributed by atoms with Crippen LogP contribution in [0.15, 0.2) is 34.5 Å². The van der Waals surface area contributed by atoms with E-state index < -0.39 is 21.7 Å². The number of rotatable bonds is 5. The molecule has 0 unspecified atom stereocenters. The predicted octanol–water partition coefficient (Wildman–Crippen LogP) is 2.49. The molecule has 0 N–H and O–H groups in total. The van der Waals surface area contributed by atoms with Crippen molar-refractivity contribution in [2.24, 2.45) is 0 Å². The fourth-order valence-corrected chi connectivity index (χ4v) is 5.22. The number of halogens is 1. The lowest BCUT2D eigenvalue weighted by molar-refractivity contribution is 0.0730. The molecule has 0 saturated carbocycles. The van der Waals surface area contributed by atoms with Gasteiger partial charge in [-0.2, -0.15) is 4.31 Å². The number of carbonyl (C=O) groups is 1. The number of amides is 1. The molecule has 1 aromatic carbocycles. The molecule has 0 aliphatic carbocycles. The molecule has 0 spiro atoms. The normalized spacial score (nSPS) is 15.7. The van der Waals surface area contributed by atoms with Crippen LogP contribution in [0.1, 0.15) is 20.8 Å². The number of nitrogens with zero attached hydrogens (tertiary/aromatic N) is 2. The number of hydrogen-bond acceptors (Lipinski definition) is 5. The molecule has 0 atom stereocenters. The number of hydrogen-bond donors (Lipinski definition) is 0. The summed E-state index contributed by atoms with van der Waals surface area (Å²) in [6, 6.07) is 5.31. The third-order valence-corrected chi connectivity index (χ3v) is 7.37. The van der Waals surface area contributed by atoms with Crippen molar-refractivity contribution in [1.29, 1.82) is 0 Å². The molecule has 3 rings (SSSR count). The smallest absolute Gasteiger partial charge is 0.256 e. The highest BCUT2D eigenvalue weighted by molar-refractivity contribution is 7.89. The molecule has 1 aromatic heterocycles. The Balaban J connectivity index is 1.86. The summed E-state index contributed by atoms with van der Waals surface area (Å²) in [5, 5.41) is 1.93. The summed E-state index contributed by atoms with van der Waals surface area (Å²) in [6.07, 6.45) is 0. The van der Waals surface area contributed by atoms with E-state index in [4.69, 9.17) is 4.74 Å². The highest BCUT2D eigenvalue weighted by atomic mass is 32.2. The number of sulfonamides is 1. The highest BCUT2D eigenvalue weighted by Gasteiger charge is 2.28. The van der Waals surface area contributed by atoms with Crippen LogP contribution >= 0.6 is 11.3 Å². The molecule has 2 aromatic rings. The van der Waals surface area contributed by atoms with Crippen LogP contribution in [0.3, 0.4) is 0 Å². The molecule has 1 amide bonds. The van der Waals surface area contributed by atoms with Crippen LogP contribution in [0.5, 0.6) is 0 Å². The second kappa shape index (κ2) is 8.05. The van der Waals surface area contributed by atoms with Crippen LogP contribution in [-0.2, 0) is 21.3 Å². The lowest BCUT2D eigenvalue weighted by Gasteiger charge is -2.26. The first-order valence-electron chi connectivity index (χ1n) is 8.46. The topological polar surface area (TPSA) is 66.9 Å². The SMILES string of the molecule is Cc1ccsc1CN(C)C(=O)c1cc(S(=O)(=O)N2CCOCC2)ccc1F. The summed E-state index contributed by atoms with van der Waals surface area (Å²) in [5.74, 6) is -1.30. The Bertz CT molecular complexity index is 937. The second-order valence-corrected chi connectivity index (χ2v) is 9.28. The average Bonchev–Trinajstić information content (AvgIpc) is 3.06. The van der Waals surface area contributed by atoms with Gasteiger partial charge in [0.1, 0.15) is 5.82 Å². The lowest BCUT2D eigenvalue weighted by Crippen LogP contribution is -2.40. The van der Waals surface area contributed by atoms with Crippen LogP contribution in [0.4, 0.5) is 4.39 Å². The first-order chi connectivity index (χ1) is 12.8. The van der Waals surface area contributed by atoms with Crippen LogP contribution in [0, 0.1) is 12.7 Å². The first-order valence-corrected chi connectivity index (χ1v) is 10.8. The van der Waals surface area contributed by atoms with Gasteiger partial charge in [-0.15, -0.1) is 11.3 Å². The zero-order valence-electron chi connectivity index (χ0n) is 15.1. The average molecular weight is 413 g/mol. The number of carbonyl (C=O) groups excluding carboxylic acids is 1. The number of morpholine rings is 1. The minimum absolute atomic E-state index is 0.0881. The van der Waals surface area contributed by atoms with Crippen LogP contribution < -0.4 is 0 Å². The van der Waals surface area contributed by atoms with Gasteiger partial charge in [-0.25, -0.2) is 12.8 Å². The van der Waals surface area contributed by atoms with E-state index in [2.05, 4.69) is 0 Å². The van der Waals surface area contributed by atoms with Crippen LogP contribution in [-0.4, -0.2) is 56.9 Å². The second-order valence-electron chi connectivity index (χ2n) is 6.35. The minimum atomic E-state index is -3.80. The maximum atomic E-state index is 14.3. The largest absolute Gasteiger partial charge is 0.379 e. The van der Waals surface area contributed by atoms with Gasteiger partial charge >= 0.3 is 0 Å². The number of thiophene rings is 1. The van der Waals surface area contributed by atoms with E-state index >= 15 is 0 Å². The van der Waals surface area contributed by atoms with Gasteiger partial charge in [0.15, 0.2) is 0 Å². The fraction of sp³-hybridized carbons (Fsp3) is 0.389. The van der Waals surface area contributed by atoms with Crippen LogP contribution in [0.25, 0.3) is 0 Å². The first kappa shape index (κ1) is 19.9. The summed E-state index contributed by atoms with van der Waals surface area (Å²) in [6.45, 7) is 3.38. The Morgan fingerprint density at radius 1 is 1.30 bits per heavy atom. The maximum absolute atomic E-state index is 14.3. The van der Waals surface area contributed by atoms with E-state index in [9.17, 15) is 17.6 Å². The molecule has 0 bridgehead atoms. The van der Waals surface area contributed by atoms with Crippen molar-refractivity contribution in [1.82, 2.24) is 9.21 Å². The van der Waals surface area contributed by atoms with Crippen LogP contribution in [0.2, 0.25) is 0 Å². The van der Waals surface area contributed by atoms with Gasteiger partial charge in [-0.1, -0.05) is 0 Å².